The summed E-state index contributed by atoms with van der Waals surface area (Å²) in [6, 6.07) is 19.8. The number of aromatic amines is 1. The zero-order chi connectivity index (χ0) is 19.0. The van der Waals surface area contributed by atoms with Gasteiger partial charge in [-0.15, -0.1) is 0 Å². The summed E-state index contributed by atoms with van der Waals surface area (Å²) in [7, 11) is -3.64. The number of benzene rings is 3. The number of imidazole rings is 1. The van der Waals surface area contributed by atoms with Crippen molar-refractivity contribution in [1.82, 2.24) is 9.97 Å². The quantitative estimate of drug-likeness (QED) is 0.462. The fourth-order valence-electron chi connectivity index (χ4n) is 2.75. The second kappa shape index (κ2) is 6.83. The van der Waals surface area contributed by atoms with Crippen LogP contribution in [0, 0.1) is 6.92 Å². The normalized spacial score (nSPS) is 11.6. The SMILES string of the molecule is Cc1ccc(S(=O)(=O)Nc2ccc3nc(-c4ccc(Br)cc4)[nH]c3c2)cc1. The van der Waals surface area contributed by atoms with Crippen molar-refractivity contribution >= 4 is 42.7 Å². The van der Waals surface area contributed by atoms with E-state index in [1.54, 1.807) is 42.5 Å². The van der Waals surface area contributed by atoms with E-state index in [4.69, 9.17) is 0 Å². The fourth-order valence-corrected chi connectivity index (χ4v) is 4.06. The van der Waals surface area contributed by atoms with E-state index in [0.717, 1.165) is 32.5 Å². The Morgan fingerprint density at radius 3 is 2.37 bits per heavy atom. The molecule has 0 saturated heterocycles. The van der Waals surface area contributed by atoms with Crippen LogP contribution in [0.5, 0.6) is 0 Å². The van der Waals surface area contributed by atoms with E-state index >= 15 is 0 Å². The van der Waals surface area contributed by atoms with E-state index in [0.29, 0.717) is 5.69 Å². The molecule has 27 heavy (non-hydrogen) atoms. The van der Waals surface area contributed by atoms with Gasteiger partial charge in [0.2, 0.25) is 0 Å². The number of hydrogen-bond donors (Lipinski definition) is 2. The van der Waals surface area contributed by atoms with Crippen LogP contribution in [0.4, 0.5) is 5.69 Å². The molecule has 0 radical (unpaired) electrons. The van der Waals surface area contributed by atoms with Crippen molar-refractivity contribution in [1.29, 1.82) is 0 Å². The molecule has 1 aromatic heterocycles. The summed E-state index contributed by atoms with van der Waals surface area (Å²) in [6.45, 7) is 1.92. The molecule has 4 aromatic rings. The number of halogens is 1. The van der Waals surface area contributed by atoms with E-state index < -0.39 is 10.0 Å². The molecule has 0 aliphatic heterocycles. The zero-order valence-corrected chi connectivity index (χ0v) is 16.8. The zero-order valence-electron chi connectivity index (χ0n) is 14.4. The average molecular weight is 442 g/mol. The number of aryl methyl sites for hydroxylation is 1. The summed E-state index contributed by atoms with van der Waals surface area (Å²) < 4.78 is 28.7. The molecule has 4 rings (SSSR count). The first-order chi connectivity index (χ1) is 12.9. The number of H-pyrrole nitrogens is 1. The van der Waals surface area contributed by atoms with Gasteiger partial charge in [0, 0.05) is 10.0 Å². The highest BCUT2D eigenvalue weighted by atomic mass is 79.9. The van der Waals surface area contributed by atoms with E-state index in [9.17, 15) is 8.42 Å². The molecule has 0 unspecified atom stereocenters. The van der Waals surface area contributed by atoms with Crippen LogP contribution in [0.25, 0.3) is 22.4 Å². The largest absolute Gasteiger partial charge is 0.338 e. The third-order valence-electron chi connectivity index (χ3n) is 4.18. The highest BCUT2D eigenvalue weighted by Gasteiger charge is 2.14. The Morgan fingerprint density at radius 1 is 0.963 bits per heavy atom. The minimum absolute atomic E-state index is 0.230. The Kier molecular flexibility index (Phi) is 4.49. The molecule has 7 heteroatoms. The van der Waals surface area contributed by atoms with Crippen molar-refractivity contribution in [2.24, 2.45) is 0 Å². The van der Waals surface area contributed by atoms with Crippen LogP contribution in [0.2, 0.25) is 0 Å². The van der Waals surface area contributed by atoms with Crippen molar-refractivity contribution in [2.75, 3.05) is 4.72 Å². The van der Waals surface area contributed by atoms with Gasteiger partial charge in [-0.05, 0) is 49.4 Å². The van der Waals surface area contributed by atoms with Gasteiger partial charge in [0.25, 0.3) is 10.0 Å². The maximum absolute atomic E-state index is 12.6. The maximum Gasteiger partial charge on any atom is 0.261 e. The molecule has 0 spiro atoms. The van der Waals surface area contributed by atoms with E-state index in [-0.39, 0.29) is 4.90 Å². The predicted molar refractivity (Wildman–Crippen MR) is 111 cm³/mol. The molecular formula is C20H16BrN3O2S. The Bertz CT molecular complexity index is 1210. The van der Waals surface area contributed by atoms with Gasteiger partial charge in [-0.2, -0.15) is 0 Å². The summed E-state index contributed by atoms with van der Waals surface area (Å²) in [4.78, 5) is 8.04. The molecule has 0 aliphatic carbocycles. The molecule has 0 fully saturated rings. The van der Waals surface area contributed by atoms with Gasteiger partial charge in [0.05, 0.1) is 21.6 Å². The van der Waals surface area contributed by atoms with Crippen LogP contribution in [-0.4, -0.2) is 18.4 Å². The summed E-state index contributed by atoms with van der Waals surface area (Å²) in [5.74, 6) is 0.732. The number of hydrogen-bond acceptors (Lipinski definition) is 3. The Morgan fingerprint density at radius 2 is 1.67 bits per heavy atom. The second-order valence-electron chi connectivity index (χ2n) is 6.24. The first kappa shape index (κ1) is 17.8. The monoisotopic (exact) mass is 441 g/mol. The number of anilines is 1. The van der Waals surface area contributed by atoms with Gasteiger partial charge in [-0.3, -0.25) is 4.72 Å². The van der Waals surface area contributed by atoms with Crippen molar-refractivity contribution < 1.29 is 8.42 Å². The number of sulfonamides is 1. The molecule has 136 valence electrons. The first-order valence-corrected chi connectivity index (χ1v) is 10.5. The molecule has 2 N–H and O–H groups in total. The lowest BCUT2D eigenvalue weighted by Gasteiger charge is -2.08. The summed E-state index contributed by atoms with van der Waals surface area (Å²) in [6.07, 6.45) is 0. The van der Waals surface area contributed by atoms with Gasteiger partial charge in [0.15, 0.2) is 0 Å². The standard InChI is InChI=1S/C20H16BrN3O2S/c1-13-2-9-17(10-3-13)27(25,26)24-16-8-11-18-19(12-16)23-20(22-18)14-4-6-15(21)7-5-14/h2-12,24H,1H3,(H,22,23). The third-order valence-corrected chi connectivity index (χ3v) is 6.11. The van der Waals surface area contributed by atoms with Crippen molar-refractivity contribution in [3.8, 4) is 11.4 Å². The molecular weight excluding hydrogens is 426 g/mol. The van der Waals surface area contributed by atoms with Crippen molar-refractivity contribution in [3.05, 3.63) is 76.8 Å². The molecule has 3 aromatic carbocycles. The lowest BCUT2D eigenvalue weighted by atomic mass is 10.2. The molecule has 0 atom stereocenters. The second-order valence-corrected chi connectivity index (χ2v) is 8.84. The molecule has 5 nitrogen and oxygen atoms in total. The molecule has 0 amide bonds. The number of rotatable bonds is 4. The van der Waals surface area contributed by atoms with E-state index in [1.165, 1.54) is 0 Å². The lowest BCUT2D eigenvalue weighted by Crippen LogP contribution is -2.12. The Balaban J connectivity index is 1.65. The van der Waals surface area contributed by atoms with Crippen LogP contribution in [0.1, 0.15) is 5.56 Å². The summed E-state index contributed by atoms with van der Waals surface area (Å²) in [5, 5.41) is 0. The van der Waals surface area contributed by atoms with Gasteiger partial charge in [-0.25, -0.2) is 13.4 Å². The number of nitrogens with zero attached hydrogens (tertiary/aromatic N) is 1. The van der Waals surface area contributed by atoms with E-state index in [2.05, 4.69) is 30.6 Å². The Labute approximate surface area is 165 Å². The molecule has 0 saturated carbocycles. The Hall–Kier alpha value is -2.64. The van der Waals surface area contributed by atoms with Gasteiger partial charge >= 0.3 is 0 Å². The third kappa shape index (κ3) is 3.74. The van der Waals surface area contributed by atoms with Gasteiger partial charge < -0.3 is 4.98 Å². The minimum atomic E-state index is -3.64. The molecule has 0 bridgehead atoms. The number of fused-ring (bicyclic) bond motifs is 1. The van der Waals surface area contributed by atoms with Crippen LogP contribution in [0.15, 0.2) is 76.1 Å². The average Bonchev–Trinajstić information content (AvgIpc) is 3.05. The number of aromatic nitrogens is 2. The fraction of sp³-hybridized carbons (Fsp3) is 0.0500. The van der Waals surface area contributed by atoms with Crippen LogP contribution < -0.4 is 4.72 Å². The summed E-state index contributed by atoms with van der Waals surface area (Å²) >= 11 is 3.42. The van der Waals surface area contributed by atoms with Gasteiger partial charge in [-0.1, -0.05) is 45.8 Å². The highest BCUT2D eigenvalue weighted by molar-refractivity contribution is 9.10. The minimum Gasteiger partial charge on any atom is -0.338 e. The lowest BCUT2D eigenvalue weighted by molar-refractivity contribution is 0.601. The van der Waals surface area contributed by atoms with Crippen molar-refractivity contribution in [3.63, 3.8) is 0 Å². The number of nitrogens with one attached hydrogen (secondary N) is 2. The van der Waals surface area contributed by atoms with E-state index in [1.807, 2.05) is 31.2 Å². The van der Waals surface area contributed by atoms with Crippen LogP contribution in [-0.2, 0) is 10.0 Å². The van der Waals surface area contributed by atoms with Crippen LogP contribution >= 0.6 is 15.9 Å². The highest BCUT2D eigenvalue weighted by Crippen LogP contribution is 2.25. The molecule has 1 heterocycles. The first-order valence-electron chi connectivity index (χ1n) is 8.26. The summed E-state index contributed by atoms with van der Waals surface area (Å²) in [5.41, 5.74) is 3.97. The van der Waals surface area contributed by atoms with Gasteiger partial charge in [0.1, 0.15) is 5.82 Å². The predicted octanol–water partition coefficient (Wildman–Crippen LogP) is 5.10. The van der Waals surface area contributed by atoms with Crippen molar-refractivity contribution in [2.45, 2.75) is 11.8 Å². The van der Waals surface area contributed by atoms with Crippen LogP contribution in [0.3, 0.4) is 0 Å². The maximum atomic E-state index is 12.6. The molecule has 0 aliphatic rings. The topological polar surface area (TPSA) is 74.8 Å². The smallest absolute Gasteiger partial charge is 0.261 e.